The van der Waals surface area contributed by atoms with Crippen molar-refractivity contribution in [2.24, 2.45) is 0 Å². The van der Waals surface area contributed by atoms with Gasteiger partial charge in [-0.05, 0) is 41.3 Å². The summed E-state index contributed by atoms with van der Waals surface area (Å²) < 4.78 is 6.20. The highest BCUT2D eigenvalue weighted by Gasteiger charge is 2.21. The summed E-state index contributed by atoms with van der Waals surface area (Å²) >= 11 is 2.02. The number of benzene rings is 2. The Morgan fingerprint density at radius 3 is 2.22 bits per heavy atom. The molecule has 0 radical (unpaired) electrons. The minimum atomic E-state index is -0.516. The second-order valence-electron chi connectivity index (χ2n) is 9.32. The molecule has 2 aromatic carbocycles. The lowest BCUT2D eigenvalue weighted by Crippen LogP contribution is -2.10. The number of nitro groups is 1. The molecule has 4 aromatic rings. The maximum Gasteiger partial charge on any atom is 0.324 e. The summed E-state index contributed by atoms with van der Waals surface area (Å²) in [4.78, 5) is 30.1. The highest BCUT2D eigenvalue weighted by molar-refractivity contribution is 7.19. The van der Waals surface area contributed by atoms with Crippen LogP contribution in [0.2, 0.25) is 0 Å². The van der Waals surface area contributed by atoms with Gasteiger partial charge in [0.15, 0.2) is 5.13 Å². The fourth-order valence-corrected chi connectivity index (χ4v) is 4.94. The van der Waals surface area contributed by atoms with Gasteiger partial charge >= 0.3 is 5.00 Å². The van der Waals surface area contributed by atoms with Crippen LogP contribution in [0.5, 0.6) is 10.8 Å². The smallest absolute Gasteiger partial charge is 0.324 e. The van der Waals surface area contributed by atoms with Crippen molar-refractivity contribution < 1.29 is 14.5 Å². The Bertz CT molecular complexity index is 1380. The van der Waals surface area contributed by atoms with Crippen molar-refractivity contribution in [2.75, 3.05) is 24.3 Å². The zero-order valence-corrected chi connectivity index (χ0v) is 22.2. The second kappa shape index (κ2) is 10.1. The van der Waals surface area contributed by atoms with E-state index in [2.05, 4.69) is 43.2 Å². The molecule has 10 heteroatoms. The quantitative estimate of drug-likeness (QED) is 0.204. The van der Waals surface area contributed by atoms with Crippen molar-refractivity contribution >= 4 is 44.4 Å². The van der Waals surface area contributed by atoms with Crippen LogP contribution in [0.25, 0.3) is 11.3 Å². The van der Waals surface area contributed by atoms with Crippen molar-refractivity contribution in [3.63, 3.8) is 0 Å². The van der Waals surface area contributed by atoms with Crippen LogP contribution in [-0.4, -0.2) is 29.9 Å². The number of anilines is 2. The molecule has 1 amide bonds. The maximum absolute atomic E-state index is 12.7. The number of hydrogen-bond donors (Lipinski definition) is 1. The molecule has 2 heterocycles. The van der Waals surface area contributed by atoms with Crippen LogP contribution >= 0.6 is 22.7 Å². The molecule has 0 aliphatic heterocycles. The zero-order valence-electron chi connectivity index (χ0n) is 20.6. The van der Waals surface area contributed by atoms with Crippen molar-refractivity contribution in [3.05, 3.63) is 81.2 Å². The van der Waals surface area contributed by atoms with Gasteiger partial charge in [-0.3, -0.25) is 20.2 Å². The first-order valence-electron chi connectivity index (χ1n) is 11.1. The number of aromatic nitrogens is 1. The van der Waals surface area contributed by atoms with Crippen LogP contribution in [0.4, 0.5) is 15.8 Å². The Hall–Kier alpha value is -3.76. The number of carbonyl (C=O) groups is 1. The van der Waals surface area contributed by atoms with Crippen molar-refractivity contribution in [1.82, 2.24) is 4.98 Å². The van der Waals surface area contributed by atoms with Crippen molar-refractivity contribution in [1.29, 1.82) is 0 Å². The summed E-state index contributed by atoms with van der Waals surface area (Å²) in [5.74, 6) is 0.182. The van der Waals surface area contributed by atoms with Crippen LogP contribution in [0, 0.1) is 10.1 Å². The Morgan fingerprint density at radius 2 is 1.67 bits per heavy atom. The number of carbonyl (C=O) groups excluding carboxylic acids is 1. The van der Waals surface area contributed by atoms with E-state index < -0.39 is 10.8 Å². The Kier molecular flexibility index (Phi) is 7.09. The van der Waals surface area contributed by atoms with Gasteiger partial charge in [0.1, 0.15) is 11.4 Å². The molecule has 0 aliphatic rings. The summed E-state index contributed by atoms with van der Waals surface area (Å²) in [6.45, 7) is 6.46. The van der Waals surface area contributed by atoms with E-state index in [0.717, 1.165) is 22.6 Å². The molecule has 0 bridgehead atoms. The molecule has 186 valence electrons. The monoisotopic (exact) mass is 522 g/mol. The molecule has 8 nitrogen and oxygen atoms in total. The molecule has 0 saturated heterocycles. The highest BCUT2D eigenvalue weighted by atomic mass is 32.1. The van der Waals surface area contributed by atoms with E-state index in [1.807, 2.05) is 55.4 Å². The SMILES string of the molecule is CN(C)c1ccc(Oc2sc(NC(=O)c3ccc([N+](=O)[O-])s3)nc2-c2ccc(C(C)(C)C)cc2)cc1. The molecule has 1 N–H and O–H groups in total. The fraction of sp³-hybridized carbons (Fsp3) is 0.231. The molecular formula is C26H26N4O4S2. The van der Waals surface area contributed by atoms with Crippen LogP contribution in [0.3, 0.4) is 0 Å². The molecule has 0 spiro atoms. The molecule has 4 rings (SSSR count). The molecule has 0 unspecified atom stereocenters. The van der Waals surface area contributed by atoms with Gasteiger partial charge in [0.25, 0.3) is 5.91 Å². The van der Waals surface area contributed by atoms with E-state index in [-0.39, 0.29) is 15.3 Å². The number of thiazole rings is 1. The van der Waals surface area contributed by atoms with Gasteiger partial charge in [0.05, 0.1) is 9.80 Å². The van der Waals surface area contributed by atoms with E-state index in [1.54, 1.807) is 0 Å². The first-order chi connectivity index (χ1) is 17.0. The number of nitrogens with zero attached hydrogens (tertiary/aromatic N) is 3. The van der Waals surface area contributed by atoms with Crippen LogP contribution in [0.1, 0.15) is 36.0 Å². The topological polar surface area (TPSA) is 97.6 Å². The van der Waals surface area contributed by atoms with Gasteiger partial charge in [-0.2, -0.15) is 0 Å². The molecular weight excluding hydrogens is 496 g/mol. The predicted molar refractivity (Wildman–Crippen MR) is 146 cm³/mol. The van der Waals surface area contributed by atoms with E-state index in [0.29, 0.717) is 21.6 Å². The number of hydrogen-bond acceptors (Lipinski definition) is 8. The van der Waals surface area contributed by atoms with Crippen LogP contribution in [-0.2, 0) is 5.41 Å². The standard InChI is InChI=1S/C26H26N4O4S2/c1-26(2,3)17-8-6-16(7-9-17)22-24(34-19-12-10-18(11-13-19)29(4)5)36-25(27-22)28-23(31)20-14-15-21(35-20)30(32)33/h6-15H,1-5H3,(H,27,28,31). The molecule has 0 aliphatic carbocycles. The van der Waals surface area contributed by atoms with Crippen LogP contribution in [0.15, 0.2) is 60.7 Å². The fourth-order valence-electron chi connectivity index (χ4n) is 3.37. The Morgan fingerprint density at radius 1 is 1.00 bits per heavy atom. The molecule has 36 heavy (non-hydrogen) atoms. The Balaban J connectivity index is 1.65. The largest absolute Gasteiger partial charge is 0.444 e. The van der Waals surface area contributed by atoms with E-state index in [1.165, 1.54) is 29.0 Å². The van der Waals surface area contributed by atoms with Gasteiger partial charge in [0.2, 0.25) is 5.06 Å². The third kappa shape index (κ3) is 5.72. The number of rotatable bonds is 7. The summed E-state index contributed by atoms with van der Waals surface area (Å²) in [6.07, 6.45) is 0. The first kappa shape index (κ1) is 25.3. The predicted octanol–water partition coefficient (Wildman–Crippen LogP) is 7.19. The number of ether oxygens (including phenoxy) is 1. The summed E-state index contributed by atoms with van der Waals surface area (Å²) in [7, 11) is 3.94. The number of thiophene rings is 1. The summed E-state index contributed by atoms with van der Waals surface area (Å²) in [5, 5.41) is 14.5. The maximum atomic E-state index is 12.7. The minimum absolute atomic E-state index is 0.0105. The number of amides is 1. The average Bonchev–Trinajstić information content (AvgIpc) is 3.47. The third-order valence-electron chi connectivity index (χ3n) is 5.40. The zero-order chi connectivity index (χ0) is 26.0. The lowest BCUT2D eigenvalue weighted by atomic mass is 9.86. The van der Waals surface area contributed by atoms with Gasteiger partial charge in [-0.25, -0.2) is 4.98 Å². The highest BCUT2D eigenvalue weighted by Crippen LogP contribution is 2.41. The molecule has 0 saturated carbocycles. The normalized spacial score (nSPS) is 11.2. The molecule has 0 atom stereocenters. The van der Waals surface area contributed by atoms with Gasteiger partial charge in [-0.1, -0.05) is 67.7 Å². The lowest BCUT2D eigenvalue weighted by molar-refractivity contribution is -0.380. The average molecular weight is 523 g/mol. The summed E-state index contributed by atoms with van der Waals surface area (Å²) in [6, 6.07) is 18.5. The van der Waals surface area contributed by atoms with Gasteiger partial charge in [-0.15, -0.1) is 0 Å². The van der Waals surface area contributed by atoms with Gasteiger partial charge < -0.3 is 9.64 Å². The van der Waals surface area contributed by atoms with Crippen molar-refractivity contribution in [2.45, 2.75) is 26.2 Å². The Labute approximate surface area is 217 Å². The van der Waals surface area contributed by atoms with Gasteiger partial charge in [0, 0.05) is 31.4 Å². The number of nitrogens with one attached hydrogen (secondary N) is 1. The lowest BCUT2D eigenvalue weighted by Gasteiger charge is -2.19. The van der Waals surface area contributed by atoms with E-state index in [9.17, 15) is 14.9 Å². The third-order valence-corrected chi connectivity index (χ3v) is 7.28. The minimum Gasteiger partial charge on any atom is -0.444 e. The van der Waals surface area contributed by atoms with Crippen LogP contribution < -0.4 is 15.0 Å². The second-order valence-corrected chi connectivity index (χ2v) is 11.3. The first-order valence-corrected chi connectivity index (χ1v) is 12.8. The molecule has 0 fully saturated rings. The molecule has 2 aromatic heterocycles. The van der Waals surface area contributed by atoms with E-state index in [4.69, 9.17) is 4.74 Å². The summed E-state index contributed by atoms with van der Waals surface area (Å²) in [5.41, 5.74) is 3.70. The van der Waals surface area contributed by atoms with Crippen molar-refractivity contribution in [3.8, 4) is 22.1 Å². The van der Waals surface area contributed by atoms with E-state index >= 15 is 0 Å².